The van der Waals surface area contributed by atoms with Gasteiger partial charge in [-0.25, -0.2) is 13.1 Å². The topological polar surface area (TPSA) is 82.4 Å². The fraction of sp³-hybridized carbons (Fsp3) is 0.261. The highest BCUT2D eigenvalue weighted by Gasteiger charge is 2.17. The fourth-order valence-electron chi connectivity index (χ4n) is 3.02. The maximum atomic E-state index is 12.4. The monoisotopic (exact) mass is 455 g/mol. The number of nitriles is 1. The average molecular weight is 456 g/mol. The summed E-state index contributed by atoms with van der Waals surface area (Å²) < 4.78 is 32.3. The van der Waals surface area contributed by atoms with E-state index in [0.29, 0.717) is 11.5 Å². The van der Waals surface area contributed by atoms with Gasteiger partial charge in [-0.15, -0.1) is 11.3 Å². The van der Waals surface area contributed by atoms with Gasteiger partial charge in [0.2, 0.25) is 0 Å². The molecule has 0 aliphatic heterocycles. The second-order valence-electron chi connectivity index (χ2n) is 7.06. The number of anilines is 1. The van der Waals surface area contributed by atoms with Crippen molar-refractivity contribution in [3.05, 3.63) is 58.3 Å². The van der Waals surface area contributed by atoms with Gasteiger partial charge in [0.1, 0.15) is 6.07 Å². The lowest BCUT2D eigenvalue weighted by molar-refractivity contribution is 0.153. The molecule has 0 fully saturated rings. The number of hydrogen-bond donors (Lipinski definition) is 1. The van der Waals surface area contributed by atoms with Crippen molar-refractivity contribution in [3.8, 4) is 16.5 Å². The van der Waals surface area contributed by atoms with Gasteiger partial charge in [-0.2, -0.15) is 5.26 Å². The number of sulfonamides is 1. The van der Waals surface area contributed by atoms with Gasteiger partial charge in [-0.1, -0.05) is 18.2 Å². The van der Waals surface area contributed by atoms with Crippen LogP contribution < -0.4 is 9.62 Å². The first-order chi connectivity index (χ1) is 14.8. The summed E-state index contributed by atoms with van der Waals surface area (Å²) in [6.07, 6.45) is 1.40. The Morgan fingerprint density at radius 1 is 1.16 bits per heavy atom. The molecule has 0 aliphatic carbocycles. The first-order valence-electron chi connectivity index (χ1n) is 9.84. The normalized spacial score (nSPS) is 12.1. The van der Waals surface area contributed by atoms with E-state index in [1.165, 1.54) is 17.4 Å². The highest BCUT2D eigenvalue weighted by atomic mass is 32.2. The number of thiophene rings is 1. The second kappa shape index (κ2) is 10.1. The minimum atomic E-state index is -3.87. The zero-order chi connectivity index (χ0) is 22.4. The largest absolute Gasteiger partial charge is 0.380 e. The lowest BCUT2D eigenvalue weighted by Gasteiger charge is -2.13. The Kier molecular flexibility index (Phi) is 7.46. The van der Waals surface area contributed by atoms with Crippen LogP contribution in [0.25, 0.3) is 27.3 Å². The van der Waals surface area contributed by atoms with Crippen molar-refractivity contribution in [1.82, 2.24) is 4.72 Å². The number of rotatable bonds is 9. The minimum absolute atomic E-state index is 0.123. The van der Waals surface area contributed by atoms with Crippen LogP contribution in [0, 0.1) is 11.3 Å². The number of benzene rings is 2. The summed E-state index contributed by atoms with van der Waals surface area (Å²) >= 11 is 1.44. The van der Waals surface area contributed by atoms with Crippen LogP contribution in [0.4, 0.5) is 5.69 Å². The zero-order valence-corrected chi connectivity index (χ0v) is 19.4. The molecule has 2 aromatic carbocycles. The number of hydrogen-bond acceptors (Lipinski definition) is 6. The Balaban J connectivity index is 1.83. The Morgan fingerprint density at radius 2 is 1.90 bits per heavy atom. The summed E-state index contributed by atoms with van der Waals surface area (Å²) in [7, 11) is 0.155. The Hall–Kier alpha value is -2.70. The molecule has 0 bridgehead atoms. The van der Waals surface area contributed by atoms with E-state index in [0.717, 1.165) is 26.9 Å². The molecule has 0 aliphatic rings. The molecule has 0 amide bonds. The molecular formula is C23H25N3O3S2. The molecule has 31 heavy (non-hydrogen) atoms. The molecule has 3 aromatic rings. The highest BCUT2D eigenvalue weighted by Crippen LogP contribution is 2.32. The molecule has 1 N–H and O–H groups in total. The smallest absolute Gasteiger partial charge is 0.250 e. The van der Waals surface area contributed by atoms with E-state index in [1.54, 1.807) is 6.07 Å². The number of nitrogens with one attached hydrogen (secondary N) is 1. The quantitative estimate of drug-likeness (QED) is 0.381. The third kappa shape index (κ3) is 5.71. The fourth-order valence-corrected chi connectivity index (χ4v) is 4.95. The number of fused-ring (bicyclic) bond motifs is 1. The Morgan fingerprint density at radius 3 is 2.61 bits per heavy atom. The lowest BCUT2D eigenvalue weighted by atomic mass is 10.1. The molecule has 1 heterocycles. The molecule has 1 aromatic heterocycles. The molecule has 0 saturated heterocycles. The van der Waals surface area contributed by atoms with Crippen molar-refractivity contribution < 1.29 is 13.2 Å². The zero-order valence-electron chi connectivity index (χ0n) is 17.8. The molecule has 0 spiro atoms. The van der Waals surface area contributed by atoms with Crippen molar-refractivity contribution >= 4 is 43.9 Å². The summed E-state index contributed by atoms with van der Waals surface area (Å²) in [5.41, 5.74) is 2.19. The van der Waals surface area contributed by atoms with Crippen molar-refractivity contribution in [2.45, 2.75) is 6.92 Å². The molecule has 0 atom stereocenters. The first-order valence-corrected chi connectivity index (χ1v) is 12.1. The predicted octanol–water partition coefficient (Wildman–Crippen LogP) is 4.45. The third-order valence-electron chi connectivity index (χ3n) is 4.67. The van der Waals surface area contributed by atoms with E-state index >= 15 is 0 Å². The maximum Gasteiger partial charge on any atom is 0.250 e. The molecule has 3 rings (SSSR count). The van der Waals surface area contributed by atoms with Gasteiger partial charge < -0.3 is 9.64 Å². The summed E-state index contributed by atoms with van der Waals surface area (Å²) in [5.74, 6) is 0. The van der Waals surface area contributed by atoms with Crippen LogP contribution in [0.3, 0.4) is 0 Å². The van der Waals surface area contributed by atoms with E-state index in [4.69, 9.17) is 4.74 Å². The lowest BCUT2D eigenvalue weighted by Crippen LogP contribution is -2.28. The van der Waals surface area contributed by atoms with Gasteiger partial charge in [0.25, 0.3) is 10.0 Å². The molecule has 0 radical (unpaired) electrons. The van der Waals surface area contributed by atoms with Crippen LogP contribution in [0.5, 0.6) is 0 Å². The number of nitrogens with zero attached hydrogens (tertiary/aromatic N) is 2. The van der Waals surface area contributed by atoms with Crippen molar-refractivity contribution in [2.75, 3.05) is 38.8 Å². The van der Waals surface area contributed by atoms with E-state index < -0.39 is 10.0 Å². The van der Waals surface area contributed by atoms with Crippen LogP contribution in [-0.4, -0.2) is 42.3 Å². The first kappa shape index (κ1) is 23.0. The van der Waals surface area contributed by atoms with E-state index in [-0.39, 0.29) is 18.1 Å². The van der Waals surface area contributed by atoms with Crippen LogP contribution in [0.2, 0.25) is 0 Å². The summed E-state index contributed by atoms with van der Waals surface area (Å²) in [4.78, 5) is 3.46. The van der Waals surface area contributed by atoms with Gasteiger partial charge in [-0.3, -0.25) is 0 Å². The molecule has 162 valence electrons. The standard InChI is InChI=1S/C23H25N3O3S2/c1-4-29-12-11-25-31(27,28)22(16-24)15-21-9-10-23(30-21)19-6-5-18-14-20(26(2)3)8-7-17(18)13-19/h5-10,13-15,25H,4,11-12H2,1-3H3/b22-15+. The van der Waals surface area contributed by atoms with Gasteiger partial charge in [0, 0.05) is 42.7 Å². The van der Waals surface area contributed by atoms with Crippen molar-refractivity contribution in [2.24, 2.45) is 0 Å². The third-order valence-corrected chi connectivity index (χ3v) is 7.12. The van der Waals surface area contributed by atoms with Gasteiger partial charge in [-0.05, 0) is 59.7 Å². The summed E-state index contributed by atoms with van der Waals surface area (Å²) in [6.45, 7) is 2.72. The number of allylic oxidation sites excluding steroid dienone is 1. The van der Waals surface area contributed by atoms with Crippen LogP contribution in [-0.2, 0) is 14.8 Å². The highest BCUT2D eigenvalue weighted by molar-refractivity contribution is 7.93. The molecule has 8 heteroatoms. The Labute approximate surface area is 187 Å². The average Bonchev–Trinajstić information content (AvgIpc) is 3.23. The second-order valence-corrected chi connectivity index (χ2v) is 9.91. The van der Waals surface area contributed by atoms with E-state index in [1.807, 2.05) is 33.2 Å². The van der Waals surface area contributed by atoms with Gasteiger partial charge in [0.05, 0.1) is 6.61 Å². The van der Waals surface area contributed by atoms with Gasteiger partial charge >= 0.3 is 0 Å². The summed E-state index contributed by atoms with van der Waals surface area (Å²) in [5, 5.41) is 11.6. The molecule has 0 unspecified atom stereocenters. The SMILES string of the molecule is CCOCCNS(=O)(=O)/C(C#N)=C/c1ccc(-c2ccc3cc(N(C)C)ccc3c2)s1. The van der Waals surface area contributed by atoms with Crippen molar-refractivity contribution in [1.29, 1.82) is 5.26 Å². The summed E-state index contributed by atoms with van der Waals surface area (Å²) in [6, 6.07) is 18.1. The van der Waals surface area contributed by atoms with E-state index in [2.05, 4.69) is 46.0 Å². The molecule has 0 saturated carbocycles. The van der Waals surface area contributed by atoms with Gasteiger partial charge in [0.15, 0.2) is 4.91 Å². The van der Waals surface area contributed by atoms with Crippen LogP contribution in [0.1, 0.15) is 11.8 Å². The predicted molar refractivity (Wildman–Crippen MR) is 129 cm³/mol. The molecular weight excluding hydrogens is 430 g/mol. The Bertz CT molecular complexity index is 1240. The van der Waals surface area contributed by atoms with E-state index in [9.17, 15) is 13.7 Å². The molecule has 6 nitrogen and oxygen atoms in total. The number of ether oxygens (including phenoxy) is 1. The minimum Gasteiger partial charge on any atom is -0.380 e. The van der Waals surface area contributed by atoms with Crippen molar-refractivity contribution in [3.63, 3.8) is 0 Å². The van der Waals surface area contributed by atoms with Crippen LogP contribution in [0.15, 0.2) is 53.4 Å². The van der Waals surface area contributed by atoms with Crippen LogP contribution >= 0.6 is 11.3 Å². The maximum absolute atomic E-state index is 12.4.